The second-order valence-corrected chi connectivity index (χ2v) is 5.39. The number of aliphatic imine (C=N–C) groups is 1. The first-order chi connectivity index (χ1) is 10.8. The molecule has 2 aromatic carbocycles. The van der Waals surface area contributed by atoms with Crippen LogP contribution in [-0.4, -0.2) is 18.5 Å². The lowest BCUT2D eigenvalue weighted by molar-refractivity contribution is 0.415. The first-order valence-electron chi connectivity index (χ1n) is 6.79. The fourth-order valence-corrected chi connectivity index (χ4v) is 2.53. The number of thioether (sulfide) groups is 1. The Bertz CT molecular complexity index is 727. The maximum atomic E-state index is 5.13. The van der Waals surface area contributed by atoms with Gasteiger partial charge in [-0.3, -0.25) is 5.43 Å². The van der Waals surface area contributed by atoms with Crippen LogP contribution in [0.25, 0.3) is 5.70 Å². The summed E-state index contributed by atoms with van der Waals surface area (Å²) in [6.07, 6.45) is 1.79. The molecule has 3 rings (SSSR count). The van der Waals surface area contributed by atoms with Crippen LogP contribution < -0.4 is 10.2 Å². The van der Waals surface area contributed by atoms with Crippen molar-refractivity contribution in [2.75, 3.05) is 7.11 Å². The molecule has 0 atom stereocenters. The van der Waals surface area contributed by atoms with E-state index in [1.54, 1.807) is 13.3 Å². The van der Waals surface area contributed by atoms with E-state index in [2.05, 4.69) is 15.5 Å². The number of hydrogen-bond donors (Lipinski definition) is 1. The molecule has 0 aromatic heterocycles. The Labute approximate surface area is 150 Å². The van der Waals surface area contributed by atoms with Crippen molar-refractivity contribution in [3.63, 3.8) is 0 Å². The summed E-state index contributed by atoms with van der Waals surface area (Å²) in [6, 6.07) is 17.8. The zero-order valence-electron chi connectivity index (χ0n) is 12.5. The van der Waals surface area contributed by atoms with E-state index in [9.17, 15) is 0 Å². The molecule has 4 nitrogen and oxygen atoms in total. The molecule has 1 aliphatic heterocycles. The van der Waals surface area contributed by atoms with Gasteiger partial charge < -0.3 is 4.74 Å². The summed E-state index contributed by atoms with van der Waals surface area (Å²) in [6.45, 7) is 0. The van der Waals surface area contributed by atoms with Gasteiger partial charge in [-0.05, 0) is 29.8 Å². The summed E-state index contributed by atoms with van der Waals surface area (Å²) >= 11 is 1.50. The van der Waals surface area contributed by atoms with E-state index in [-0.39, 0.29) is 17.0 Å². The van der Waals surface area contributed by atoms with Crippen LogP contribution >= 0.6 is 28.7 Å². The molecule has 0 fully saturated rings. The lowest BCUT2D eigenvalue weighted by Gasteiger charge is -2.11. The van der Waals surface area contributed by atoms with Gasteiger partial charge in [-0.2, -0.15) is 0 Å². The Morgan fingerprint density at radius 1 is 1.09 bits per heavy atom. The summed E-state index contributed by atoms with van der Waals surface area (Å²) in [7, 11) is 1.65. The number of methoxy groups -OCH3 is 1. The number of benzene rings is 2. The van der Waals surface area contributed by atoms with Crippen molar-refractivity contribution in [2.24, 2.45) is 10.1 Å². The van der Waals surface area contributed by atoms with Crippen LogP contribution in [0.5, 0.6) is 5.75 Å². The van der Waals surface area contributed by atoms with E-state index in [4.69, 9.17) is 4.74 Å². The average molecular weight is 390 g/mol. The van der Waals surface area contributed by atoms with Gasteiger partial charge in [0.1, 0.15) is 5.75 Å². The van der Waals surface area contributed by atoms with Gasteiger partial charge in [0.15, 0.2) is 0 Å². The maximum absolute atomic E-state index is 5.13. The van der Waals surface area contributed by atoms with Crippen molar-refractivity contribution >= 4 is 45.8 Å². The normalized spacial score (nSPS) is 13.6. The number of halogens is 1. The van der Waals surface area contributed by atoms with Crippen LogP contribution in [0, 0.1) is 0 Å². The summed E-state index contributed by atoms with van der Waals surface area (Å²) < 4.78 is 5.13. The van der Waals surface area contributed by atoms with Crippen molar-refractivity contribution in [1.82, 2.24) is 5.43 Å². The van der Waals surface area contributed by atoms with Gasteiger partial charge in [0.05, 0.1) is 12.8 Å². The predicted molar refractivity (Wildman–Crippen MR) is 103 cm³/mol. The highest BCUT2D eigenvalue weighted by Gasteiger charge is 2.07. The van der Waals surface area contributed by atoms with Gasteiger partial charge in [-0.15, -0.1) is 22.1 Å². The summed E-state index contributed by atoms with van der Waals surface area (Å²) in [5, 5.41) is 6.97. The second-order valence-electron chi connectivity index (χ2n) is 4.55. The third-order valence-electron chi connectivity index (χ3n) is 3.08. The summed E-state index contributed by atoms with van der Waals surface area (Å²) in [5.41, 5.74) is 6.13. The van der Waals surface area contributed by atoms with Crippen molar-refractivity contribution in [3.05, 3.63) is 71.1 Å². The third-order valence-corrected chi connectivity index (χ3v) is 3.84. The molecule has 2 aromatic rings. The van der Waals surface area contributed by atoms with E-state index in [0.717, 1.165) is 22.6 Å². The van der Waals surface area contributed by atoms with E-state index >= 15 is 0 Å². The standard InChI is InChI=1S/C17H15N3OS.BrH/c1-21-15-9-7-13(8-10-15)11-18-17-20-19-16(12-22-17)14-5-3-2-4-6-14;/h2-12,19H,1H3;1H/b18-11+;. The molecule has 0 amide bonds. The topological polar surface area (TPSA) is 46.0 Å². The zero-order valence-corrected chi connectivity index (χ0v) is 15.0. The second kappa shape index (κ2) is 8.55. The molecule has 0 saturated carbocycles. The number of hydrogen-bond acceptors (Lipinski definition) is 5. The molecular weight excluding hydrogens is 374 g/mol. The van der Waals surface area contributed by atoms with Crippen molar-refractivity contribution in [3.8, 4) is 5.75 Å². The van der Waals surface area contributed by atoms with Crippen molar-refractivity contribution in [1.29, 1.82) is 0 Å². The first kappa shape index (κ1) is 17.3. The fraction of sp³-hybridized carbons (Fsp3) is 0.0588. The number of rotatable bonds is 3. The van der Waals surface area contributed by atoms with Gasteiger partial charge in [0, 0.05) is 17.2 Å². The minimum absolute atomic E-state index is 0. The SMILES string of the molecule is Br.COc1ccc(/C=N/C2=NNC(c3ccccc3)=CS2)cc1. The number of nitrogens with zero attached hydrogens (tertiary/aromatic N) is 2. The van der Waals surface area contributed by atoms with Crippen LogP contribution in [0.3, 0.4) is 0 Å². The van der Waals surface area contributed by atoms with Crippen molar-refractivity contribution in [2.45, 2.75) is 0 Å². The van der Waals surface area contributed by atoms with Crippen LogP contribution in [-0.2, 0) is 0 Å². The molecule has 0 aliphatic carbocycles. The van der Waals surface area contributed by atoms with Gasteiger partial charge in [-0.25, -0.2) is 4.99 Å². The Hall–Kier alpha value is -2.05. The fourth-order valence-electron chi connectivity index (χ4n) is 1.90. The molecule has 0 spiro atoms. The molecule has 1 heterocycles. The van der Waals surface area contributed by atoms with E-state index in [1.807, 2.05) is 60.0 Å². The monoisotopic (exact) mass is 389 g/mol. The van der Waals surface area contributed by atoms with Crippen LogP contribution in [0.15, 0.2) is 70.1 Å². The first-order valence-corrected chi connectivity index (χ1v) is 7.67. The van der Waals surface area contributed by atoms with Crippen LogP contribution in [0.4, 0.5) is 0 Å². The molecule has 0 unspecified atom stereocenters. The van der Waals surface area contributed by atoms with Gasteiger partial charge >= 0.3 is 0 Å². The average Bonchev–Trinajstić information content (AvgIpc) is 2.61. The number of amidine groups is 1. The van der Waals surface area contributed by atoms with Crippen LogP contribution in [0.2, 0.25) is 0 Å². The molecule has 6 heteroatoms. The van der Waals surface area contributed by atoms with Crippen LogP contribution in [0.1, 0.15) is 11.1 Å². The highest BCUT2D eigenvalue weighted by molar-refractivity contribution is 8.93. The summed E-state index contributed by atoms with van der Waals surface area (Å²) in [5.74, 6) is 0.832. The smallest absolute Gasteiger partial charge is 0.210 e. The zero-order chi connectivity index (χ0) is 15.2. The highest BCUT2D eigenvalue weighted by Crippen LogP contribution is 2.21. The van der Waals surface area contributed by atoms with Gasteiger partial charge in [-0.1, -0.05) is 42.1 Å². The largest absolute Gasteiger partial charge is 0.497 e. The Kier molecular flexibility index (Phi) is 6.43. The lowest BCUT2D eigenvalue weighted by Crippen LogP contribution is -2.10. The van der Waals surface area contributed by atoms with E-state index in [1.165, 1.54) is 11.8 Å². The highest BCUT2D eigenvalue weighted by atomic mass is 79.9. The Balaban J connectivity index is 0.00000192. The molecule has 0 bridgehead atoms. The molecule has 1 N–H and O–H groups in total. The molecule has 0 saturated heterocycles. The van der Waals surface area contributed by atoms with Gasteiger partial charge in [0.25, 0.3) is 0 Å². The van der Waals surface area contributed by atoms with E-state index < -0.39 is 0 Å². The van der Waals surface area contributed by atoms with Crippen molar-refractivity contribution < 1.29 is 4.74 Å². The minimum atomic E-state index is 0. The summed E-state index contributed by atoms with van der Waals surface area (Å²) in [4.78, 5) is 4.38. The van der Waals surface area contributed by atoms with Gasteiger partial charge in [0.2, 0.25) is 5.17 Å². The number of hydrazone groups is 1. The molecule has 0 radical (unpaired) electrons. The molecule has 1 aliphatic rings. The lowest BCUT2D eigenvalue weighted by atomic mass is 10.2. The number of nitrogens with one attached hydrogen (secondary N) is 1. The predicted octanol–water partition coefficient (Wildman–Crippen LogP) is 4.30. The maximum Gasteiger partial charge on any atom is 0.210 e. The van der Waals surface area contributed by atoms with E-state index in [0.29, 0.717) is 5.17 Å². The quantitative estimate of drug-likeness (QED) is 0.795. The minimum Gasteiger partial charge on any atom is -0.497 e. The molecule has 118 valence electrons. The molecule has 23 heavy (non-hydrogen) atoms. The Morgan fingerprint density at radius 3 is 2.43 bits per heavy atom. The molecular formula is C17H16BrN3OS. The third kappa shape index (κ3) is 4.71. The Morgan fingerprint density at radius 2 is 1.83 bits per heavy atom. The number of ether oxygens (including phenoxy) is 1.